The maximum Gasteiger partial charge on any atom is 0.213 e. The second kappa shape index (κ2) is 12.1. The number of para-hydroxylation sites is 1. The minimum atomic E-state index is -0.668. The van der Waals surface area contributed by atoms with Crippen molar-refractivity contribution in [1.29, 1.82) is 0 Å². The van der Waals surface area contributed by atoms with E-state index in [1.165, 1.54) is 17.8 Å². The minimum Gasteiger partial charge on any atom is -0.371 e. The number of nitrogens with one attached hydrogen (secondary N) is 1. The molecule has 1 heterocycles. The van der Waals surface area contributed by atoms with Gasteiger partial charge in [0.15, 0.2) is 11.0 Å². The predicted octanol–water partition coefficient (Wildman–Crippen LogP) is 1.83. The number of unbranched alkanes of at least 4 members (excludes halogenated alkanes) is 1. The van der Waals surface area contributed by atoms with Crippen molar-refractivity contribution < 1.29 is 42.3 Å². The van der Waals surface area contributed by atoms with Gasteiger partial charge >= 0.3 is 0 Å². The van der Waals surface area contributed by atoms with Crippen LogP contribution in [0.5, 0.6) is 0 Å². The quantitative estimate of drug-likeness (QED) is 0.163. The molecule has 2 rings (SSSR count). The first-order chi connectivity index (χ1) is 12.5. The molecule has 0 aliphatic heterocycles. The molecule has 7 nitrogen and oxygen atoms in total. The smallest absolute Gasteiger partial charge is 0.213 e. The van der Waals surface area contributed by atoms with Crippen LogP contribution in [0.3, 0.4) is 0 Å². The van der Waals surface area contributed by atoms with E-state index in [1.807, 2.05) is 24.3 Å². The van der Waals surface area contributed by atoms with E-state index in [0.717, 1.165) is 10.2 Å². The summed E-state index contributed by atoms with van der Waals surface area (Å²) in [5, 5.41) is 3.15. The Morgan fingerprint density at radius 1 is 1.33 bits per heavy atom. The summed E-state index contributed by atoms with van der Waals surface area (Å²) in [5.74, 6) is -0.478. The third-order valence-electron chi connectivity index (χ3n) is 3.62. The summed E-state index contributed by atoms with van der Waals surface area (Å²) < 4.78 is 0.935. The number of nitrogens with two attached hydrogens (primary N) is 2. The molecule has 9 heteroatoms. The summed E-state index contributed by atoms with van der Waals surface area (Å²) in [6.45, 7) is 4.09. The molecule has 1 aromatic carbocycles. The number of Topliss-reactive ketones (excluding diaryl/α,β-unsaturated/α-hetero) is 1. The van der Waals surface area contributed by atoms with Gasteiger partial charge in [0.05, 0.1) is 22.2 Å². The largest absolute Gasteiger partial charge is 0.371 e. The second-order valence-corrected chi connectivity index (χ2v) is 6.74. The third-order valence-corrected chi connectivity index (χ3v) is 4.67. The fourth-order valence-electron chi connectivity index (χ4n) is 2.36. The van der Waals surface area contributed by atoms with Crippen LogP contribution < -0.4 is 16.8 Å². The zero-order valence-electron chi connectivity index (χ0n) is 15.1. The summed E-state index contributed by atoms with van der Waals surface area (Å²) in [4.78, 5) is 33.2. The SMILES string of the molecule is [CH2-]CC[CH-]C(=O)NC(CCCN=C(N)N)C(=O)c1nc2ccccc2s1.[Y]. The number of carbonyl (C=O) groups excluding carboxylic acids is 2. The van der Waals surface area contributed by atoms with Crippen molar-refractivity contribution in [3.05, 3.63) is 42.6 Å². The molecular formula is C18H23N5O2SY-2. The molecule has 1 aromatic heterocycles. The van der Waals surface area contributed by atoms with Crippen molar-refractivity contribution in [1.82, 2.24) is 10.3 Å². The van der Waals surface area contributed by atoms with Gasteiger partial charge in [0.25, 0.3) is 0 Å². The van der Waals surface area contributed by atoms with Gasteiger partial charge in [-0.15, -0.1) is 11.3 Å². The summed E-state index contributed by atoms with van der Waals surface area (Å²) in [5.41, 5.74) is 11.4. The van der Waals surface area contributed by atoms with Crippen LogP contribution in [0.15, 0.2) is 29.3 Å². The van der Waals surface area contributed by atoms with Crippen LogP contribution >= 0.6 is 11.3 Å². The minimum absolute atomic E-state index is 0. The Morgan fingerprint density at radius 3 is 2.74 bits per heavy atom. The van der Waals surface area contributed by atoms with Gasteiger partial charge in [-0.05, 0) is 25.0 Å². The van der Waals surface area contributed by atoms with E-state index in [4.69, 9.17) is 11.5 Å². The number of nitrogens with zero attached hydrogens (tertiary/aromatic N) is 2. The number of aromatic nitrogens is 1. The summed E-state index contributed by atoms with van der Waals surface area (Å²) >= 11 is 1.32. The first-order valence-electron chi connectivity index (χ1n) is 8.39. The monoisotopic (exact) mass is 462 g/mol. The molecule has 0 saturated carbocycles. The van der Waals surface area contributed by atoms with Gasteiger partial charge in [-0.1, -0.05) is 12.1 Å². The molecule has 27 heavy (non-hydrogen) atoms. The zero-order valence-corrected chi connectivity index (χ0v) is 18.7. The number of ketones is 1. The molecule has 0 spiro atoms. The van der Waals surface area contributed by atoms with E-state index < -0.39 is 6.04 Å². The van der Waals surface area contributed by atoms with Crippen LogP contribution in [0.1, 0.15) is 35.5 Å². The van der Waals surface area contributed by atoms with Gasteiger partial charge in [0, 0.05) is 39.3 Å². The van der Waals surface area contributed by atoms with Gasteiger partial charge in [-0.3, -0.25) is 9.79 Å². The summed E-state index contributed by atoms with van der Waals surface area (Å²) in [6.07, 6.45) is 3.67. The van der Waals surface area contributed by atoms with Crippen molar-refractivity contribution in [2.45, 2.75) is 31.7 Å². The Balaban J connectivity index is 0.00000364. The molecular weight excluding hydrogens is 439 g/mol. The average Bonchev–Trinajstić information content (AvgIpc) is 3.05. The number of thiazole rings is 1. The maximum atomic E-state index is 12.9. The van der Waals surface area contributed by atoms with Crippen molar-refractivity contribution >= 4 is 39.2 Å². The van der Waals surface area contributed by atoms with Gasteiger partial charge in [0.2, 0.25) is 5.78 Å². The third kappa shape index (κ3) is 7.56. The van der Waals surface area contributed by atoms with Crippen LogP contribution in [-0.2, 0) is 37.5 Å². The number of hydrogen-bond acceptors (Lipinski definition) is 5. The number of fused-ring (bicyclic) bond motifs is 1. The van der Waals surface area contributed by atoms with E-state index in [1.54, 1.807) is 0 Å². The first kappa shape index (κ1) is 23.5. The molecule has 1 unspecified atom stereocenters. The molecule has 0 bridgehead atoms. The molecule has 1 radical (unpaired) electrons. The Hall–Kier alpha value is -1.51. The van der Waals surface area contributed by atoms with Crippen LogP contribution in [0.25, 0.3) is 10.2 Å². The Labute approximate surface area is 188 Å². The van der Waals surface area contributed by atoms with Crippen molar-refractivity contribution in [3.8, 4) is 0 Å². The molecule has 2 aromatic rings. The van der Waals surface area contributed by atoms with Crippen LogP contribution in [0.2, 0.25) is 0 Å². The number of hydrogen-bond donors (Lipinski definition) is 3. The first-order valence-corrected chi connectivity index (χ1v) is 9.21. The van der Waals surface area contributed by atoms with E-state index in [0.29, 0.717) is 37.2 Å². The summed E-state index contributed by atoms with van der Waals surface area (Å²) in [7, 11) is 0. The Bertz CT molecular complexity index is 756. The van der Waals surface area contributed by atoms with Gasteiger partial charge in [-0.25, -0.2) is 11.4 Å². The molecule has 5 N–H and O–H groups in total. The fourth-order valence-corrected chi connectivity index (χ4v) is 3.32. The number of amides is 1. The number of carbonyl (C=O) groups is 2. The van der Waals surface area contributed by atoms with Crippen molar-refractivity contribution in [2.75, 3.05) is 6.54 Å². The van der Waals surface area contributed by atoms with Crippen LogP contribution in [0, 0.1) is 13.3 Å². The standard InChI is InChI=1S/C18H23N5O2S.Y/c1-2-3-10-15(24)22-13(8-6-11-21-18(19)20)16(25)17-23-12-7-4-5-9-14(12)26-17;/h4-5,7,9-10,13H,1-3,6,8,11H2,(H,22,24)(H4,19,20,21);/q-2;. The number of rotatable bonds is 10. The molecule has 0 aliphatic carbocycles. The molecule has 143 valence electrons. The van der Waals surface area contributed by atoms with Gasteiger partial charge in [0.1, 0.15) is 0 Å². The van der Waals surface area contributed by atoms with Gasteiger partial charge < -0.3 is 34.9 Å². The summed E-state index contributed by atoms with van der Waals surface area (Å²) in [6, 6.07) is 6.88. The molecule has 0 saturated heterocycles. The second-order valence-electron chi connectivity index (χ2n) is 5.71. The average molecular weight is 462 g/mol. The zero-order chi connectivity index (χ0) is 18.9. The van der Waals surface area contributed by atoms with E-state index in [-0.39, 0.29) is 50.4 Å². The van der Waals surface area contributed by atoms with Crippen LogP contribution in [0.4, 0.5) is 0 Å². The Kier molecular flexibility index (Phi) is 10.5. The Morgan fingerprint density at radius 2 is 2.07 bits per heavy atom. The van der Waals surface area contributed by atoms with E-state index in [2.05, 4.69) is 22.2 Å². The van der Waals surface area contributed by atoms with E-state index in [9.17, 15) is 9.59 Å². The van der Waals surface area contributed by atoms with Crippen molar-refractivity contribution in [3.63, 3.8) is 0 Å². The number of benzene rings is 1. The number of guanidine groups is 1. The number of aliphatic imine (C=N–C) groups is 1. The molecule has 0 aliphatic rings. The predicted molar refractivity (Wildman–Crippen MR) is 105 cm³/mol. The molecule has 1 amide bonds. The topological polar surface area (TPSA) is 123 Å². The van der Waals surface area contributed by atoms with Crippen molar-refractivity contribution in [2.24, 2.45) is 16.5 Å². The normalized spacial score (nSPS) is 11.3. The maximum absolute atomic E-state index is 12.9. The molecule has 0 fully saturated rings. The molecule has 1 atom stereocenters. The van der Waals surface area contributed by atoms with Crippen LogP contribution in [-0.4, -0.2) is 35.2 Å². The van der Waals surface area contributed by atoms with Gasteiger partial charge in [-0.2, -0.15) is 6.42 Å². The van der Waals surface area contributed by atoms with E-state index >= 15 is 0 Å². The fraction of sp³-hybridized carbons (Fsp3) is 0.333.